The van der Waals surface area contributed by atoms with E-state index < -0.39 is 0 Å². The SMILES string of the molecule is COc1ccc(OC)c(NC(=O)c2cc(C)nc3c2c(C)nn3-c2ccccc2)c1. The lowest BCUT2D eigenvalue weighted by Crippen LogP contribution is -2.14. The van der Waals surface area contributed by atoms with Crippen LogP contribution < -0.4 is 14.8 Å². The summed E-state index contributed by atoms with van der Waals surface area (Å²) in [7, 11) is 3.13. The Balaban J connectivity index is 1.82. The van der Waals surface area contributed by atoms with E-state index >= 15 is 0 Å². The number of para-hydroxylation sites is 1. The molecular formula is C23H22N4O3. The Labute approximate surface area is 174 Å². The molecule has 0 aliphatic heterocycles. The zero-order valence-electron chi connectivity index (χ0n) is 17.3. The number of anilines is 1. The Bertz CT molecular complexity index is 1230. The van der Waals surface area contributed by atoms with E-state index in [-0.39, 0.29) is 5.91 Å². The molecule has 0 bridgehead atoms. The number of methoxy groups -OCH3 is 2. The minimum Gasteiger partial charge on any atom is -0.497 e. The predicted molar refractivity (Wildman–Crippen MR) is 116 cm³/mol. The van der Waals surface area contributed by atoms with Gasteiger partial charge in [-0.25, -0.2) is 9.67 Å². The van der Waals surface area contributed by atoms with Crippen molar-refractivity contribution in [3.8, 4) is 17.2 Å². The van der Waals surface area contributed by atoms with Crippen LogP contribution in [0.3, 0.4) is 0 Å². The van der Waals surface area contributed by atoms with Gasteiger partial charge in [0.2, 0.25) is 0 Å². The monoisotopic (exact) mass is 402 g/mol. The molecule has 0 spiro atoms. The van der Waals surface area contributed by atoms with Gasteiger partial charge in [0.1, 0.15) is 11.5 Å². The van der Waals surface area contributed by atoms with Crippen molar-refractivity contribution in [1.29, 1.82) is 0 Å². The van der Waals surface area contributed by atoms with Gasteiger partial charge < -0.3 is 14.8 Å². The van der Waals surface area contributed by atoms with Crippen molar-refractivity contribution in [2.24, 2.45) is 0 Å². The molecule has 7 nitrogen and oxygen atoms in total. The number of nitrogens with one attached hydrogen (secondary N) is 1. The lowest BCUT2D eigenvalue weighted by Gasteiger charge is -2.13. The summed E-state index contributed by atoms with van der Waals surface area (Å²) >= 11 is 0. The van der Waals surface area contributed by atoms with Gasteiger partial charge in [0.05, 0.1) is 42.2 Å². The zero-order chi connectivity index (χ0) is 21.3. The summed E-state index contributed by atoms with van der Waals surface area (Å²) in [5.41, 5.74) is 4.00. The summed E-state index contributed by atoms with van der Waals surface area (Å²) in [6.07, 6.45) is 0. The second kappa shape index (κ2) is 7.87. The van der Waals surface area contributed by atoms with E-state index in [2.05, 4.69) is 15.4 Å². The van der Waals surface area contributed by atoms with Gasteiger partial charge in [-0.2, -0.15) is 5.10 Å². The second-order valence-electron chi connectivity index (χ2n) is 6.86. The maximum Gasteiger partial charge on any atom is 0.256 e. The standard InChI is InChI=1S/C23H22N4O3/c1-14-12-18(23(28)25-19-13-17(29-3)10-11-20(19)30-4)21-15(2)26-27(22(21)24-14)16-8-6-5-7-9-16/h5-13H,1-4H3,(H,25,28). The number of nitrogens with zero attached hydrogens (tertiary/aromatic N) is 3. The molecule has 1 N–H and O–H groups in total. The van der Waals surface area contributed by atoms with Gasteiger partial charge in [-0.05, 0) is 44.2 Å². The second-order valence-corrected chi connectivity index (χ2v) is 6.86. The first-order valence-electron chi connectivity index (χ1n) is 9.47. The van der Waals surface area contributed by atoms with Crippen molar-refractivity contribution in [2.75, 3.05) is 19.5 Å². The highest BCUT2D eigenvalue weighted by Crippen LogP contribution is 2.31. The van der Waals surface area contributed by atoms with E-state index in [1.807, 2.05) is 44.2 Å². The molecule has 1 amide bonds. The first-order chi connectivity index (χ1) is 14.5. The van der Waals surface area contributed by atoms with Gasteiger partial charge in [0.25, 0.3) is 5.91 Å². The van der Waals surface area contributed by atoms with E-state index in [1.165, 1.54) is 0 Å². The van der Waals surface area contributed by atoms with E-state index in [4.69, 9.17) is 9.47 Å². The molecule has 0 fully saturated rings. The molecule has 0 aliphatic carbocycles. The molecule has 0 saturated heterocycles. The first-order valence-corrected chi connectivity index (χ1v) is 9.47. The zero-order valence-corrected chi connectivity index (χ0v) is 17.3. The molecule has 0 radical (unpaired) electrons. The van der Waals surface area contributed by atoms with Crippen LogP contribution in [-0.2, 0) is 0 Å². The Morgan fingerprint density at radius 1 is 1.00 bits per heavy atom. The lowest BCUT2D eigenvalue weighted by molar-refractivity contribution is 0.102. The van der Waals surface area contributed by atoms with Gasteiger partial charge in [-0.1, -0.05) is 18.2 Å². The van der Waals surface area contributed by atoms with Crippen LogP contribution in [0.2, 0.25) is 0 Å². The number of aryl methyl sites for hydroxylation is 2. The third kappa shape index (κ3) is 3.45. The first kappa shape index (κ1) is 19.4. The normalized spacial score (nSPS) is 10.8. The van der Waals surface area contributed by atoms with Crippen molar-refractivity contribution in [2.45, 2.75) is 13.8 Å². The van der Waals surface area contributed by atoms with E-state index in [0.29, 0.717) is 33.8 Å². The van der Waals surface area contributed by atoms with E-state index in [0.717, 1.165) is 17.1 Å². The lowest BCUT2D eigenvalue weighted by atomic mass is 10.1. The number of amides is 1. The van der Waals surface area contributed by atoms with E-state index in [1.54, 1.807) is 43.2 Å². The number of benzene rings is 2. The predicted octanol–water partition coefficient (Wildman–Crippen LogP) is 4.31. The molecule has 4 rings (SSSR count). The largest absolute Gasteiger partial charge is 0.497 e. The summed E-state index contributed by atoms with van der Waals surface area (Å²) in [6, 6.07) is 16.8. The van der Waals surface area contributed by atoms with Crippen LogP contribution in [0, 0.1) is 13.8 Å². The van der Waals surface area contributed by atoms with Crippen LogP contribution in [0.1, 0.15) is 21.7 Å². The summed E-state index contributed by atoms with van der Waals surface area (Å²) in [5, 5.41) is 8.29. The molecule has 0 unspecified atom stereocenters. The Hall–Kier alpha value is -3.87. The van der Waals surface area contributed by atoms with Gasteiger partial charge in [0.15, 0.2) is 5.65 Å². The minimum atomic E-state index is -0.271. The number of fused-ring (bicyclic) bond motifs is 1. The molecule has 4 aromatic rings. The van der Waals surface area contributed by atoms with Gasteiger partial charge in [-0.3, -0.25) is 4.79 Å². The summed E-state index contributed by atoms with van der Waals surface area (Å²) < 4.78 is 12.4. The number of carbonyl (C=O) groups excluding carboxylic acids is 1. The van der Waals surface area contributed by atoms with Crippen molar-refractivity contribution in [3.63, 3.8) is 0 Å². The van der Waals surface area contributed by atoms with E-state index in [9.17, 15) is 4.79 Å². The topological polar surface area (TPSA) is 78.3 Å². The van der Waals surface area contributed by atoms with Crippen LogP contribution in [-0.4, -0.2) is 34.9 Å². The minimum absolute atomic E-state index is 0.271. The fourth-order valence-electron chi connectivity index (χ4n) is 3.44. The number of aromatic nitrogens is 3. The fourth-order valence-corrected chi connectivity index (χ4v) is 3.44. The number of hydrogen-bond donors (Lipinski definition) is 1. The highest BCUT2D eigenvalue weighted by atomic mass is 16.5. The number of carbonyl (C=O) groups is 1. The molecule has 2 aromatic heterocycles. The Morgan fingerprint density at radius 3 is 2.47 bits per heavy atom. The van der Waals surface area contributed by atoms with Gasteiger partial charge >= 0.3 is 0 Å². The number of hydrogen-bond acceptors (Lipinski definition) is 5. The van der Waals surface area contributed by atoms with Crippen LogP contribution in [0.4, 0.5) is 5.69 Å². The Kier molecular flexibility index (Phi) is 5.10. The number of rotatable bonds is 5. The van der Waals surface area contributed by atoms with Crippen molar-refractivity contribution >= 4 is 22.6 Å². The molecule has 2 heterocycles. The van der Waals surface area contributed by atoms with Gasteiger partial charge in [-0.15, -0.1) is 0 Å². The molecule has 152 valence electrons. The quantitative estimate of drug-likeness (QED) is 0.538. The number of ether oxygens (including phenoxy) is 2. The molecule has 0 aliphatic rings. The van der Waals surface area contributed by atoms with Crippen LogP contribution in [0.15, 0.2) is 54.6 Å². The van der Waals surface area contributed by atoms with Crippen molar-refractivity contribution in [1.82, 2.24) is 14.8 Å². The Morgan fingerprint density at radius 2 is 1.77 bits per heavy atom. The molecule has 7 heteroatoms. The summed E-state index contributed by atoms with van der Waals surface area (Å²) in [6.45, 7) is 3.74. The van der Waals surface area contributed by atoms with Crippen LogP contribution in [0.25, 0.3) is 16.7 Å². The molecule has 0 saturated carbocycles. The van der Waals surface area contributed by atoms with Crippen LogP contribution in [0.5, 0.6) is 11.5 Å². The highest BCUT2D eigenvalue weighted by molar-refractivity contribution is 6.13. The van der Waals surface area contributed by atoms with Gasteiger partial charge in [0, 0.05) is 11.8 Å². The molecule has 30 heavy (non-hydrogen) atoms. The van der Waals surface area contributed by atoms with Crippen LogP contribution >= 0.6 is 0 Å². The average molecular weight is 402 g/mol. The average Bonchev–Trinajstić information content (AvgIpc) is 3.09. The maximum absolute atomic E-state index is 13.3. The summed E-state index contributed by atoms with van der Waals surface area (Å²) in [5.74, 6) is 0.894. The smallest absolute Gasteiger partial charge is 0.256 e. The molecule has 2 aromatic carbocycles. The molecule has 0 atom stereocenters. The van der Waals surface area contributed by atoms with Crippen molar-refractivity contribution < 1.29 is 14.3 Å². The third-order valence-electron chi connectivity index (χ3n) is 4.84. The van der Waals surface area contributed by atoms with Crippen molar-refractivity contribution in [3.05, 3.63) is 71.5 Å². The summed E-state index contributed by atoms with van der Waals surface area (Å²) in [4.78, 5) is 17.9. The maximum atomic E-state index is 13.3. The molecular weight excluding hydrogens is 380 g/mol. The highest BCUT2D eigenvalue weighted by Gasteiger charge is 2.20. The fraction of sp³-hybridized carbons (Fsp3) is 0.174. The third-order valence-corrected chi connectivity index (χ3v) is 4.84. The number of pyridine rings is 1.